The van der Waals surface area contributed by atoms with Gasteiger partial charge in [-0.25, -0.2) is 4.79 Å². The normalized spacial score (nSPS) is 11.1. The van der Waals surface area contributed by atoms with Gasteiger partial charge in [-0.2, -0.15) is 8.42 Å². The van der Waals surface area contributed by atoms with E-state index in [2.05, 4.69) is 4.74 Å². The van der Waals surface area contributed by atoms with Crippen LogP contribution in [0.5, 0.6) is 0 Å². The number of carbonyl (C=O) groups excluding carboxylic acids is 1. The van der Waals surface area contributed by atoms with E-state index in [9.17, 15) is 17.1 Å². The molecule has 0 aliphatic heterocycles. The molecule has 0 atom stereocenters. The summed E-state index contributed by atoms with van der Waals surface area (Å²) in [5, 5.41) is -0.00532. The van der Waals surface area contributed by atoms with E-state index in [4.69, 9.17) is 11.6 Å². The van der Waals surface area contributed by atoms with Gasteiger partial charge in [0.2, 0.25) is 0 Å². The lowest BCUT2D eigenvalue weighted by atomic mass is 10.2. The molecule has 0 N–H and O–H groups in total. The van der Waals surface area contributed by atoms with Crippen LogP contribution in [0, 0.1) is 0 Å². The Kier molecular flexibility index (Phi) is 3.31. The van der Waals surface area contributed by atoms with Gasteiger partial charge < -0.3 is 4.74 Å². The zero-order valence-corrected chi connectivity index (χ0v) is 9.10. The summed E-state index contributed by atoms with van der Waals surface area (Å²) in [5.41, 5.74) is -0.196. The molecule has 0 aliphatic carbocycles. The van der Waals surface area contributed by atoms with E-state index < -0.39 is 21.1 Å². The van der Waals surface area contributed by atoms with E-state index in [0.29, 0.717) is 0 Å². The third-order valence-corrected chi connectivity index (χ3v) is 2.77. The van der Waals surface area contributed by atoms with Gasteiger partial charge in [-0.3, -0.25) is 0 Å². The van der Waals surface area contributed by atoms with Crippen LogP contribution in [0.1, 0.15) is 10.4 Å². The van der Waals surface area contributed by atoms with Crippen molar-refractivity contribution in [3.63, 3.8) is 0 Å². The van der Waals surface area contributed by atoms with E-state index in [-0.39, 0.29) is 10.6 Å². The Morgan fingerprint density at radius 2 is 2.07 bits per heavy atom. The zero-order chi connectivity index (χ0) is 11.6. The van der Waals surface area contributed by atoms with Crippen LogP contribution in [0.4, 0.5) is 3.89 Å². The molecular formula is C8H6ClFO4S. The number of ether oxygens (including phenoxy) is 1. The topological polar surface area (TPSA) is 60.4 Å². The Balaban J connectivity index is 3.36. The van der Waals surface area contributed by atoms with E-state index in [0.717, 1.165) is 25.3 Å². The lowest BCUT2D eigenvalue weighted by Crippen LogP contribution is -2.04. The molecule has 82 valence electrons. The molecule has 1 aromatic rings. The number of esters is 1. The monoisotopic (exact) mass is 252 g/mol. The Morgan fingerprint density at radius 3 is 2.53 bits per heavy atom. The molecule has 0 saturated heterocycles. The minimum Gasteiger partial charge on any atom is -0.465 e. The smallest absolute Gasteiger partial charge is 0.339 e. The van der Waals surface area contributed by atoms with E-state index >= 15 is 0 Å². The second-order valence-corrected chi connectivity index (χ2v) is 4.33. The molecule has 0 aromatic heterocycles. The van der Waals surface area contributed by atoms with Gasteiger partial charge in [-0.15, -0.1) is 3.89 Å². The molecule has 0 spiro atoms. The molecule has 0 heterocycles. The number of rotatable bonds is 2. The standard InChI is InChI=1S/C8H6ClFO4S/c1-14-8(11)6-4-5(15(10,12)13)2-3-7(6)9/h2-4H,1H3. The molecule has 1 aromatic carbocycles. The summed E-state index contributed by atoms with van der Waals surface area (Å²) in [6, 6.07) is 2.90. The highest BCUT2D eigenvalue weighted by atomic mass is 35.5. The molecular weight excluding hydrogens is 247 g/mol. The molecule has 4 nitrogen and oxygen atoms in total. The molecule has 0 aliphatic rings. The van der Waals surface area contributed by atoms with Crippen molar-refractivity contribution in [2.75, 3.05) is 7.11 Å². The summed E-state index contributed by atoms with van der Waals surface area (Å²) in [6.07, 6.45) is 0. The summed E-state index contributed by atoms with van der Waals surface area (Å²) >= 11 is 5.60. The highest BCUT2D eigenvalue weighted by Crippen LogP contribution is 2.22. The Hall–Kier alpha value is -1.14. The van der Waals surface area contributed by atoms with Crippen molar-refractivity contribution in [2.45, 2.75) is 4.90 Å². The van der Waals surface area contributed by atoms with Crippen molar-refractivity contribution in [1.82, 2.24) is 0 Å². The lowest BCUT2D eigenvalue weighted by Gasteiger charge is -2.03. The van der Waals surface area contributed by atoms with Crippen LogP contribution in [0.25, 0.3) is 0 Å². The predicted molar refractivity (Wildman–Crippen MR) is 51.1 cm³/mol. The maximum atomic E-state index is 12.6. The van der Waals surface area contributed by atoms with Crippen molar-refractivity contribution in [1.29, 1.82) is 0 Å². The minimum absolute atomic E-state index is 0.00532. The average molecular weight is 253 g/mol. The van der Waals surface area contributed by atoms with Crippen LogP contribution in [-0.4, -0.2) is 21.5 Å². The minimum atomic E-state index is -4.85. The first kappa shape index (κ1) is 11.9. The molecule has 7 heteroatoms. The third kappa shape index (κ3) is 2.66. The van der Waals surface area contributed by atoms with Gasteiger partial charge in [-0.1, -0.05) is 11.6 Å². The predicted octanol–water partition coefficient (Wildman–Crippen LogP) is 1.78. The summed E-state index contributed by atoms with van der Waals surface area (Å²) < 4.78 is 38.0. The first-order valence-electron chi connectivity index (χ1n) is 3.69. The Bertz CT molecular complexity index is 497. The second-order valence-electron chi connectivity index (χ2n) is 2.57. The van der Waals surface area contributed by atoms with Crippen molar-refractivity contribution in [3.8, 4) is 0 Å². The number of methoxy groups -OCH3 is 1. The average Bonchev–Trinajstić information content (AvgIpc) is 2.15. The molecule has 0 radical (unpaired) electrons. The largest absolute Gasteiger partial charge is 0.465 e. The highest BCUT2D eigenvalue weighted by molar-refractivity contribution is 7.86. The van der Waals surface area contributed by atoms with Crippen LogP contribution in [0.3, 0.4) is 0 Å². The fourth-order valence-electron chi connectivity index (χ4n) is 0.922. The first-order chi connectivity index (χ1) is 6.86. The molecule has 0 bridgehead atoms. The highest BCUT2D eigenvalue weighted by Gasteiger charge is 2.17. The summed E-state index contributed by atoms with van der Waals surface area (Å²) in [6.45, 7) is 0. The number of hydrogen-bond acceptors (Lipinski definition) is 4. The van der Waals surface area contributed by atoms with E-state index in [1.807, 2.05) is 0 Å². The third-order valence-electron chi connectivity index (χ3n) is 1.62. The number of halogens is 2. The fourth-order valence-corrected chi connectivity index (χ4v) is 1.61. The van der Waals surface area contributed by atoms with Crippen molar-refractivity contribution >= 4 is 27.8 Å². The van der Waals surface area contributed by atoms with Crippen LogP contribution in [-0.2, 0) is 15.0 Å². The summed E-state index contributed by atoms with van der Waals surface area (Å²) in [7, 11) is -3.74. The van der Waals surface area contributed by atoms with Crippen LogP contribution >= 0.6 is 11.6 Å². The van der Waals surface area contributed by atoms with Gasteiger partial charge in [0.25, 0.3) is 0 Å². The van der Waals surface area contributed by atoms with Crippen molar-refractivity contribution in [2.24, 2.45) is 0 Å². The Labute approximate surface area is 90.8 Å². The van der Waals surface area contributed by atoms with Crippen molar-refractivity contribution in [3.05, 3.63) is 28.8 Å². The summed E-state index contributed by atoms with van der Waals surface area (Å²) in [5.74, 6) is -0.828. The van der Waals surface area contributed by atoms with Gasteiger partial charge in [0.15, 0.2) is 0 Å². The maximum absolute atomic E-state index is 12.6. The zero-order valence-electron chi connectivity index (χ0n) is 7.53. The Morgan fingerprint density at radius 1 is 1.47 bits per heavy atom. The van der Waals surface area contributed by atoms with Gasteiger partial charge in [0, 0.05) is 0 Å². The number of hydrogen-bond donors (Lipinski definition) is 0. The molecule has 15 heavy (non-hydrogen) atoms. The SMILES string of the molecule is COC(=O)c1cc(S(=O)(=O)F)ccc1Cl. The van der Waals surface area contributed by atoms with Gasteiger partial charge in [-0.05, 0) is 18.2 Å². The van der Waals surface area contributed by atoms with Crippen LogP contribution in [0.2, 0.25) is 5.02 Å². The molecule has 1 rings (SSSR count). The summed E-state index contributed by atoms with van der Waals surface area (Å²) in [4.78, 5) is 10.5. The maximum Gasteiger partial charge on any atom is 0.339 e. The quantitative estimate of drug-likeness (QED) is 0.595. The molecule has 0 saturated carbocycles. The number of benzene rings is 1. The van der Waals surface area contributed by atoms with Crippen LogP contribution in [0.15, 0.2) is 23.1 Å². The second kappa shape index (κ2) is 4.16. The lowest BCUT2D eigenvalue weighted by molar-refractivity contribution is 0.0600. The van der Waals surface area contributed by atoms with Crippen molar-refractivity contribution < 1.29 is 21.8 Å². The first-order valence-corrected chi connectivity index (χ1v) is 5.45. The van der Waals surface area contributed by atoms with Gasteiger partial charge in [0.1, 0.15) is 0 Å². The molecule has 0 fully saturated rings. The number of carbonyl (C=O) groups is 1. The van der Waals surface area contributed by atoms with Gasteiger partial charge >= 0.3 is 16.2 Å². The fraction of sp³-hybridized carbons (Fsp3) is 0.125. The molecule has 0 unspecified atom stereocenters. The van der Waals surface area contributed by atoms with E-state index in [1.165, 1.54) is 0 Å². The van der Waals surface area contributed by atoms with Crippen LogP contribution < -0.4 is 0 Å². The van der Waals surface area contributed by atoms with E-state index in [1.54, 1.807) is 0 Å². The molecule has 0 amide bonds. The van der Waals surface area contributed by atoms with Gasteiger partial charge in [0.05, 0.1) is 22.6 Å².